The van der Waals surface area contributed by atoms with Gasteiger partial charge in [0, 0.05) is 0 Å². The third-order valence-electron chi connectivity index (χ3n) is 3.83. The summed E-state index contributed by atoms with van der Waals surface area (Å²) in [5.41, 5.74) is 5.61. The molecule has 0 saturated carbocycles. The minimum Gasteiger partial charge on any atom is -0.0624 e. The maximum Gasteiger partial charge on any atom is -0.0166 e. The Morgan fingerprint density at radius 1 is 0.762 bits per heavy atom. The van der Waals surface area contributed by atoms with Crippen molar-refractivity contribution < 1.29 is 0 Å². The number of hydrogen-bond acceptors (Lipinski definition) is 0. The van der Waals surface area contributed by atoms with Crippen LogP contribution in [0.5, 0.6) is 0 Å². The van der Waals surface area contributed by atoms with E-state index in [0.717, 1.165) is 5.92 Å². The van der Waals surface area contributed by atoms with Crippen LogP contribution in [0.15, 0.2) is 36.4 Å². The Labute approximate surface area is 131 Å². The second-order valence-electron chi connectivity index (χ2n) is 6.58. The van der Waals surface area contributed by atoms with Gasteiger partial charge in [0.25, 0.3) is 0 Å². The zero-order valence-corrected chi connectivity index (χ0v) is 15.1. The minimum absolute atomic E-state index is 0.257. The zero-order chi connectivity index (χ0) is 15.6. The van der Waals surface area contributed by atoms with Gasteiger partial charge in [0.05, 0.1) is 0 Å². The molecule has 0 N–H and O–H groups in total. The first-order valence-corrected chi connectivity index (χ1v) is 9.33. The van der Waals surface area contributed by atoms with Gasteiger partial charge >= 0.3 is 0 Å². The molecule has 0 aliphatic carbocycles. The first-order chi connectivity index (χ1) is 9.88. The molecule has 0 atom stereocenters. The number of benzene rings is 2. The van der Waals surface area contributed by atoms with E-state index in [1.54, 1.807) is 10.6 Å². The molecule has 1 heteroatoms. The molecule has 0 unspecified atom stereocenters. The SMILES string of the molecule is Cc1ccc(P(CC(C)C)c2ccc(C)cc2C)c(C)c1. The van der Waals surface area contributed by atoms with Crippen molar-refractivity contribution in [3.05, 3.63) is 58.7 Å². The molecule has 112 valence electrons. The van der Waals surface area contributed by atoms with Crippen molar-refractivity contribution in [3.8, 4) is 0 Å². The largest absolute Gasteiger partial charge is 0.0624 e. The van der Waals surface area contributed by atoms with Gasteiger partial charge in [-0.25, -0.2) is 0 Å². The van der Waals surface area contributed by atoms with Crippen LogP contribution in [0.4, 0.5) is 0 Å². The van der Waals surface area contributed by atoms with Crippen LogP contribution in [0.2, 0.25) is 0 Å². The Bertz CT molecular complexity index is 574. The Kier molecular flexibility index (Phi) is 5.22. The highest BCUT2D eigenvalue weighted by Crippen LogP contribution is 2.38. The van der Waals surface area contributed by atoms with Crippen molar-refractivity contribution in [2.24, 2.45) is 5.92 Å². The molecule has 0 aliphatic heterocycles. The highest BCUT2D eigenvalue weighted by molar-refractivity contribution is 7.73. The molecule has 0 saturated heterocycles. The van der Waals surface area contributed by atoms with E-state index in [-0.39, 0.29) is 7.92 Å². The van der Waals surface area contributed by atoms with Gasteiger partial charge in [-0.05, 0) is 69.4 Å². The third-order valence-corrected chi connectivity index (χ3v) is 7.10. The molecule has 0 fully saturated rings. The molecular formula is C20H27P. The quantitative estimate of drug-likeness (QED) is 0.696. The third kappa shape index (κ3) is 3.95. The second-order valence-corrected chi connectivity index (χ2v) is 8.77. The number of aryl methyl sites for hydroxylation is 4. The standard InChI is InChI=1S/C20H27P/c1-14(2)13-21(19-9-7-15(3)11-17(19)5)20-10-8-16(4)12-18(20)6/h7-12,14H,13H2,1-6H3. The Morgan fingerprint density at radius 2 is 1.19 bits per heavy atom. The maximum atomic E-state index is 2.36. The minimum atomic E-state index is -0.257. The molecule has 0 spiro atoms. The summed E-state index contributed by atoms with van der Waals surface area (Å²) in [4.78, 5) is 0. The first-order valence-electron chi connectivity index (χ1n) is 7.80. The molecule has 0 amide bonds. The van der Waals surface area contributed by atoms with Crippen molar-refractivity contribution in [2.75, 3.05) is 6.16 Å². The maximum absolute atomic E-state index is 2.36. The van der Waals surface area contributed by atoms with Crippen molar-refractivity contribution in [1.82, 2.24) is 0 Å². The van der Waals surface area contributed by atoms with Crippen LogP contribution >= 0.6 is 7.92 Å². The molecule has 2 rings (SSSR count). The molecule has 0 aliphatic rings. The molecule has 0 aromatic heterocycles. The summed E-state index contributed by atoms with van der Waals surface area (Å²) in [6.45, 7) is 13.6. The predicted octanol–water partition coefficient (Wildman–Crippen LogP) is 5.01. The Hall–Kier alpha value is -1.13. The first kappa shape index (κ1) is 16.2. The molecular weight excluding hydrogens is 271 g/mol. The lowest BCUT2D eigenvalue weighted by molar-refractivity contribution is 0.747. The highest BCUT2D eigenvalue weighted by Gasteiger charge is 2.19. The van der Waals surface area contributed by atoms with Crippen LogP contribution in [0.1, 0.15) is 36.1 Å². The summed E-state index contributed by atoms with van der Waals surface area (Å²) < 4.78 is 0. The fourth-order valence-electron chi connectivity index (χ4n) is 2.91. The van der Waals surface area contributed by atoms with Crippen molar-refractivity contribution >= 4 is 18.5 Å². The molecule has 2 aromatic carbocycles. The summed E-state index contributed by atoms with van der Waals surface area (Å²) in [6.07, 6.45) is 1.27. The van der Waals surface area contributed by atoms with Crippen LogP contribution in [-0.4, -0.2) is 6.16 Å². The van der Waals surface area contributed by atoms with E-state index >= 15 is 0 Å². The van der Waals surface area contributed by atoms with Crippen LogP contribution in [0.25, 0.3) is 0 Å². The normalized spacial score (nSPS) is 11.4. The smallest absolute Gasteiger partial charge is 0.0166 e. The Morgan fingerprint density at radius 3 is 1.52 bits per heavy atom. The number of rotatable bonds is 4. The summed E-state index contributed by atoms with van der Waals surface area (Å²) in [7, 11) is -0.257. The van der Waals surface area contributed by atoms with E-state index in [4.69, 9.17) is 0 Å². The Balaban J connectivity index is 2.52. The van der Waals surface area contributed by atoms with Crippen LogP contribution < -0.4 is 10.6 Å². The highest BCUT2D eigenvalue weighted by atomic mass is 31.1. The average molecular weight is 298 g/mol. The zero-order valence-electron chi connectivity index (χ0n) is 14.2. The second kappa shape index (κ2) is 6.75. The average Bonchev–Trinajstić information content (AvgIpc) is 2.36. The van der Waals surface area contributed by atoms with Gasteiger partial charge in [-0.3, -0.25) is 0 Å². The summed E-state index contributed by atoms with van der Waals surface area (Å²) in [5, 5.41) is 3.10. The molecule has 2 aromatic rings. The molecule has 21 heavy (non-hydrogen) atoms. The summed E-state index contributed by atoms with van der Waals surface area (Å²) >= 11 is 0. The van der Waals surface area contributed by atoms with Gasteiger partial charge in [0.1, 0.15) is 0 Å². The van der Waals surface area contributed by atoms with E-state index < -0.39 is 0 Å². The van der Waals surface area contributed by atoms with Gasteiger partial charge in [0.2, 0.25) is 0 Å². The predicted molar refractivity (Wildman–Crippen MR) is 97.7 cm³/mol. The lowest BCUT2D eigenvalue weighted by Crippen LogP contribution is -2.20. The van der Waals surface area contributed by atoms with E-state index in [1.807, 2.05) is 0 Å². The lowest BCUT2D eigenvalue weighted by atomic mass is 10.1. The van der Waals surface area contributed by atoms with Crippen molar-refractivity contribution in [2.45, 2.75) is 41.5 Å². The molecule has 0 heterocycles. The summed E-state index contributed by atoms with van der Waals surface area (Å²) in [5.74, 6) is 0.720. The van der Waals surface area contributed by atoms with Crippen LogP contribution in [0, 0.1) is 33.6 Å². The van der Waals surface area contributed by atoms with Gasteiger partial charge < -0.3 is 0 Å². The van der Waals surface area contributed by atoms with E-state index in [9.17, 15) is 0 Å². The lowest BCUT2D eigenvalue weighted by Gasteiger charge is -2.24. The van der Waals surface area contributed by atoms with Crippen LogP contribution in [-0.2, 0) is 0 Å². The number of hydrogen-bond donors (Lipinski definition) is 0. The van der Waals surface area contributed by atoms with E-state index in [1.165, 1.54) is 28.4 Å². The summed E-state index contributed by atoms with van der Waals surface area (Å²) in [6, 6.07) is 13.9. The fraction of sp³-hybridized carbons (Fsp3) is 0.400. The van der Waals surface area contributed by atoms with Gasteiger partial charge in [0.15, 0.2) is 0 Å². The topological polar surface area (TPSA) is 0 Å². The fourth-order valence-corrected chi connectivity index (χ4v) is 5.78. The van der Waals surface area contributed by atoms with Gasteiger partial charge in [-0.1, -0.05) is 61.4 Å². The van der Waals surface area contributed by atoms with Gasteiger partial charge in [-0.15, -0.1) is 0 Å². The molecule has 0 nitrogen and oxygen atoms in total. The van der Waals surface area contributed by atoms with E-state index in [0.29, 0.717) is 0 Å². The van der Waals surface area contributed by atoms with Gasteiger partial charge in [-0.2, -0.15) is 0 Å². The van der Waals surface area contributed by atoms with Crippen molar-refractivity contribution in [1.29, 1.82) is 0 Å². The van der Waals surface area contributed by atoms with Crippen molar-refractivity contribution in [3.63, 3.8) is 0 Å². The van der Waals surface area contributed by atoms with E-state index in [2.05, 4.69) is 77.9 Å². The monoisotopic (exact) mass is 298 g/mol. The van der Waals surface area contributed by atoms with Crippen LogP contribution in [0.3, 0.4) is 0 Å². The molecule has 0 radical (unpaired) electrons. The molecule has 0 bridgehead atoms.